The number of hydrogen-bond donors (Lipinski definition) is 0. The largest absolute Gasteiger partial charge is 0.469 e. The summed E-state index contributed by atoms with van der Waals surface area (Å²) in [5, 5.41) is 0. The molecule has 2 rings (SSSR count). The van der Waals surface area contributed by atoms with Crippen LogP contribution >= 0.6 is 31.9 Å². The Morgan fingerprint density at radius 2 is 1.41 bits per heavy atom. The molecule has 4 nitrogen and oxygen atoms in total. The third kappa shape index (κ3) is 6.18. The number of rotatable bonds is 4. The smallest absolute Gasteiger partial charge is 0.315 e. The molecule has 0 fully saturated rings. The fourth-order valence-electron chi connectivity index (χ4n) is 2.46. The van der Waals surface area contributed by atoms with Crippen molar-refractivity contribution in [1.29, 1.82) is 0 Å². The van der Waals surface area contributed by atoms with Gasteiger partial charge in [-0.25, -0.2) is 0 Å². The molecule has 0 spiro atoms. The predicted molar refractivity (Wildman–Crippen MR) is 114 cm³/mol. The van der Waals surface area contributed by atoms with Crippen molar-refractivity contribution < 1.29 is 19.1 Å². The number of methoxy groups -OCH3 is 2. The molecule has 0 bridgehead atoms. The van der Waals surface area contributed by atoms with E-state index in [0.717, 1.165) is 20.1 Å². The van der Waals surface area contributed by atoms with Gasteiger partial charge in [0.15, 0.2) is 0 Å². The van der Waals surface area contributed by atoms with Crippen LogP contribution in [0.2, 0.25) is 0 Å². The van der Waals surface area contributed by atoms with Crippen LogP contribution in [0.4, 0.5) is 0 Å². The molecular weight excluding hydrogens is 476 g/mol. The van der Waals surface area contributed by atoms with E-state index in [9.17, 15) is 9.59 Å². The third-order valence-electron chi connectivity index (χ3n) is 4.17. The summed E-state index contributed by atoms with van der Waals surface area (Å²) in [6, 6.07) is 15.3. The van der Waals surface area contributed by atoms with Gasteiger partial charge in [0.25, 0.3) is 0 Å². The predicted octanol–water partition coefficient (Wildman–Crippen LogP) is 5.63. The highest BCUT2D eigenvalue weighted by Crippen LogP contribution is 2.30. The Morgan fingerprint density at radius 3 is 1.89 bits per heavy atom. The van der Waals surface area contributed by atoms with Gasteiger partial charge in [-0.15, -0.1) is 0 Å². The molecule has 1 unspecified atom stereocenters. The van der Waals surface area contributed by atoms with E-state index < -0.39 is 5.41 Å². The molecule has 1 atom stereocenters. The summed E-state index contributed by atoms with van der Waals surface area (Å²) >= 11 is 6.81. The van der Waals surface area contributed by atoms with Crippen molar-refractivity contribution in [3.63, 3.8) is 0 Å². The van der Waals surface area contributed by atoms with Gasteiger partial charge in [0.1, 0.15) is 0 Å². The van der Waals surface area contributed by atoms with Gasteiger partial charge in [0.05, 0.1) is 25.6 Å². The van der Waals surface area contributed by atoms with Gasteiger partial charge in [0, 0.05) is 8.95 Å². The summed E-state index contributed by atoms with van der Waals surface area (Å²) in [4.78, 5) is 22.8. The van der Waals surface area contributed by atoms with E-state index in [4.69, 9.17) is 4.74 Å². The van der Waals surface area contributed by atoms with Crippen molar-refractivity contribution >= 4 is 43.8 Å². The molecule has 2 aromatic rings. The Morgan fingerprint density at radius 1 is 0.889 bits per heavy atom. The minimum absolute atomic E-state index is 0.216. The van der Waals surface area contributed by atoms with Crippen LogP contribution in [0.1, 0.15) is 37.8 Å². The number of esters is 2. The second kappa shape index (κ2) is 10.6. The van der Waals surface area contributed by atoms with Crippen molar-refractivity contribution in [3.8, 4) is 0 Å². The summed E-state index contributed by atoms with van der Waals surface area (Å²) in [7, 11) is 2.80. The normalized spacial score (nSPS) is 11.7. The lowest BCUT2D eigenvalue weighted by Crippen LogP contribution is -2.30. The zero-order chi connectivity index (χ0) is 20.6. The van der Waals surface area contributed by atoms with Gasteiger partial charge in [-0.2, -0.15) is 0 Å². The SMILES string of the molecule is COC(=O)C(C)(C)c1ccccc1Br.COC(=O)C(C)c1ccccc1Br. The number of hydrogen-bond acceptors (Lipinski definition) is 4. The molecule has 0 aliphatic carbocycles. The first kappa shape index (κ1) is 23.4. The average molecular weight is 500 g/mol. The fraction of sp³-hybridized carbons (Fsp3) is 0.333. The molecule has 2 aromatic carbocycles. The number of benzene rings is 2. The maximum atomic E-state index is 11.5. The van der Waals surface area contributed by atoms with Crippen LogP contribution in [0.25, 0.3) is 0 Å². The summed E-state index contributed by atoms with van der Waals surface area (Å²) in [6.45, 7) is 5.52. The molecule has 0 heterocycles. The van der Waals surface area contributed by atoms with Crippen LogP contribution < -0.4 is 0 Å². The van der Waals surface area contributed by atoms with E-state index in [-0.39, 0.29) is 17.9 Å². The van der Waals surface area contributed by atoms with Crippen LogP contribution in [0, 0.1) is 0 Å². The molecule has 0 saturated carbocycles. The Balaban J connectivity index is 0.000000271. The minimum atomic E-state index is -0.616. The Hall–Kier alpha value is -1.66. The van der Waals surface area contributed by atoms with E-state index in [1.54, 1.807) is 0 Å². The average Bonchev–Trinajstić information content (AvgIpc) is 2.67. The number of halogens is 2. The second-order valence-electron chi connectivity index (χ2n) is 6.36. The quantitative estimate of drug-likeness (QED) is 0.512. The van der Waals surface area contributed by atoms with Crippen LogP contribution in [0.5, 0.6) is 0 Å². The van der Waals surface area contributed by atoms with Gasteiger partial charge < -0.3 is 9.47 Å². The van der Waals surface area contributed by atoms with E-state index in [2.05, 4.69) is 36.6 Å². The molecule has 0 aliphatic heterocycles. The topological polar surface area (TPSA) is 52.6 Å². The van der Waals surface area contributed by atoms with Gasteiger partial charge >= 0.3 is 11.9 Å². The molecular formula is C21H24Br2O4. The van der Waals surface area contributed by atoms with Crippen LogP contribution in [-0.2, 0) is 24.5 Å². The molecule has 0 amide bonds. The second-order valence-corrected chi connectivity index (χ2v) is 8.07. The highest BCUT2D eigenvalue weighted by molar-refractivity contribution is 9.10. The van der Waals surface area contributed by atoms with E-state index >= 15 is 0 Å². The summed E-state index contributed by atoms with van der Waals surface area (Å²) in [6.07, 6.45) is 0. The maximum absolute atomic E-state index is 11.5. The molecule has 0 saturated heterocycles. The number of carbonyl (C=O) groups is 2. The zero-order valence-corrected chi connectivity index (χ0v) is 19.3. The highest BCUT2D eigenvalue weighted by Gasteiger charge is 2.32. The van der Waals surface area contributed by atoms with Crippen molar-refractivity contribution in [2.75, 3.05) is 14.2 Å². The number of ether oxygens (including phenoxy) is 2. The van der Waals surface area contributed by atoms with E-state index in [1.165, 1.54) is 14.2 Å². The fourth-order valence-corrected chi connectivity index (χ4v) is 3.87. The molecule has 146 valence electrons. The molecule has 0 aromatic heterocycles. The zero-order valence-electron chi connectivity index (χ0n) is 16.1. The Kier molecular flexibility index (Phi) is 9.19. The van der Waals surface area contributed by atoms with Crippen molar-refractivity contribution in [2.45, 2.75) is 32.1 Å². The summed E-state index contributed by atoms with van der Waals surface area (Å²) in [5.74, 6) is -0.670. The van der Waals surface area contributed by atoms with Crippen molar-refractivity contribution in [3.05, 3.63) is 68.6 Å². The standard InChI is InChI=1S/C11H13BrO2.C10H11BrO2/c1-11(2,10(13)14-3)8-6-4-5-7-9(8)12;1-7(10(12)13-2)8-5-3-4-6-9(8)11/h4-7H,1-3H3;3-7H,1-2H3. The molecule has 0 N–H and O–H groups in total. The monoisotopic (exact) mass is 498 g/mol. The lowest BCUT2D eigenvalue weighted by molar-refractivity contribution is -0.146. The minimum Gasteiger partial charge on any atom is -0.469 e. The third-order valence-corrected chi connectivity index (χ3v) is 5.58. The first-order chi connectivity index (χ1) is 12.7. The lowest BCUT2D eigenvalue weighted by atomic mass is 9.85. The molecule has 27 heavy (non-hydrogen) atoms. The van der Waals surface area contributed by atoms with E-state index in [1.807, 2.05) is 69.3 Å². The summed E-state index contributed by atoms with van der Waals surface area (Å²) in [5.41, 5.74) is 1.27. The van der Waals surface area contributed by atoms with Gasteiger partial charge in [-0.05, 0) is 44.0 Å². The van der Waals surface area contributed by atoms with Gasteiger partial charge in [0.2, 0.25) is 0 Å². The highest BCUT2D eigenvalue weighted by atomic mass is 79.9. The van der Waals surface area contributed by atoms with Crippen LogP contribution in [0.15, 0.2) is 57.5 Å². The Bertz CT molecular complexity index is 787. The molecule has 0 radical (unpaired) electrons. The summed E-state index contributed by atoms with van der Waals surface area (Å²) < 4.78 is 11.3. The first-order valence-electron chi connectivity index (χ1n) is 8.32. The molecule has 6 heteroatoms. The number of carbonyl (C=O) groups excluding carboxylic acids is 2. The van der Waals surface area contributed by atoms with Crippen molar-refractivity contribution in [2.24, 2.45) is 0 Å². The van der Waals surface area contributed by atoms with Crippen LogP contribution in [-0.4, -0.2) is 26.2 Å². The molecule has 0 aliphatic rings. The van der Waals surface area contributed by atoms with Gasteiger partial charge in [-0.1, -0.05) is 68.3 Å². The van der Waals surface area contributed by atoms with Crippen molar-refractivity contribution in [1.82, 2.24) is 0 Å². The lowest BCUT2D eigenvalue weighted by Gasteiger charge is -2.23. The Labute approximate surface area is 177 Å². The first-order valence-corrected chi connectivity index (χ1v) is 9.91. The maximum Gasteiger partial charge on any atom is 0.315 e. The van der Waals surface area contributed by atoms with Gasteiger partial charge in [-0.3, -0.25) is 9.59 Å². The van der Waals surface area contributed by atoms with E-state index in [0.29, 0.717) is 0 Å². The van der Waals surface area contributed by atoms with Crippen LogP contribution in [0.3, 0.4) is 0 Å².